The first-order chi connectivity index (χ1) is 7.65. The topological polar surface area (TPSA) is 45.2 Å². The molecule has 88 valence electrons. The fourth-order valence-corrected chi connectivity index (χ4v) is 1.30. The Labute approximate surface area is 96.7 Å². The highest BCUT2D eigenvalue weighted by molar-refractivity contribution is 5.77. The van der Waals surface area contributed by atoms with E-state index in [1.807, 2.05) is 32.2 Å². The lowest BCUT2D eigenvalue weighted by Gasteiger charge is -2.18. The third-order valence-corrected chi connectivity index (χ3v) is 2.64. The first kappa shape index (κ1) is 12.6. The van der Waals surface area contributed by atoms with Crippen molar-refractivity contribution in [3.63, 3.8) is 0 Å². The van der Waals surface area contributed by atoms with Crippen LogP contribution in [0.25, 0.3) is 0 Å². The van der Waals surface area contributed by atoms with Gasteiger partial charge in [0.25, 0.3) is 0 Å². The van der Waals surface area contributed by atoms with Gasteiger partial charge in [0.2, 0.25) is 5.91 Å². The van der Waals surface area contributed by atoms with Gasteiger partial charge in [0.15, 0.2) is 0 Å². The number of hydrogen-bond acceptors (Lipinski definition) is 3. The monoisotopic (exact) mass is 221 g/mol. The van der Waals surface area contributed by atoms with Gasteiger partial charge in [-0.25, -0.2) is 0 Å². The average molecular weight is 221 g/mol. The third-order valence-electron chi connectivity index (χ3n) is 2.64. The molecule has 1 heterocycles. The van der Waals surface area contributed by atoms with Crippen LogP contribution in [0, 0.1) is 0 Å². The van der Waals surface area contributed by atoms with Crippen molar-refractivity contribution >= 4 is 5.91 Å². The Morgan fingerprint density at radius 3 is 2.94 bits per heavy atom. The van der Waals surface area contributed by atoms with Gasteiger partial charge in [-0.2, -0.15) is 0 Å². The summed E-state index contributed by atoms with van der Waals surface area (Å²) in [6.07, 6.45) is 3.55. The van der Waals surface area contributed by atoms with Gasteiger partial charge < -0.3 is 10.2 Å². The number of amides is 1. The minimum atomic E-state index is 0.109. The Balaban J connectivity index is 2.42. The molecule has 16 heavy (non-hydrogen) atoms. The largest absolute Gasteiger partial charge is 0.345 e. The predicted molar refractivity (Wildman–Crippen MR) is 64.0 cm³/mol. The molecule has 4 nitrogen and oxygen atoms in total. The molecule has 0 saturated carbocycles. The number of hydrogen-bond donors (Lipinski definition) is 1. The van der Waals surface area contributed by atoms with Crippen LogP contribution in [0.2, 0.25) is 0 Å². The van der Waals surface area contributed by atoms with Crippen molar-refractivity contribution in [2.24, 2.45) is 0 Å². The van der Waals surface area contributed by atoms with E-state index in [9.17, 15) is 4.79 Å². The summed E-state index contributed by atoms with van der Waals surface area (Å²) < 4.78 is 0. The third kappa shape index (κ3) is 3.62. The van der Waals surface area contributed by atoms with Crippen LogP contribution in [0.4, 0.5) is 0 Å². The van der Waals surface area contributed by atoms with Crippen molar-refractivity contribution in [2.75, 3.05) is 20.1 Å². The molecular formula is C12H19N3O. The molecule has 0 fully saturated rings. The Kier molecular flexibility index (Phi) is 4.92. The highest BCUT2D eigenvalue weighted by Gasteiger charge is 2.09. The van der Waals surface area contributed by atoms with Crippen molar-refractivity contribution < 1.29 is 4.79 Å². The summed E-state index contributed by atoms with van der Waals surface area (Å²) in [6, 6.07) is 4.04. The van der Waals surface area contributed by atoms with Gasteiger partial charge in [0.1, 0.15) is 0 Å². The highest BCUT2D eigenvalue weighted by Crippen LogP contribution is 2.08. The van der Waals surface area contributed by atoms with Gasteiger partial charge in [-0.05, 0) is 25.5 Å². The number of likely N-dealkylation sites (N-methyl/N-ethyl adjacent to an activating group) is 1. The average Bonchev–Trinajstić information content (AvgIpc) is 2.35. The Hall–Kier alpha value is -1.42. The molecule has 1 rings (SSSR count). The fourth-order valence-electron chi connectivity index (χ4n) is 1.30. The van der Waals surface area contributed by atoms with Crippen LogP contribution in [0.5, 0.6) is 0 Å². The van der Waals surface area contributed by atoms with E-state index in [0.29, 0.717) is 6.54 Å². The molecule has 0 saturated heterocycles. The second-order valence-corrected chi connectivity index (χ2v) is 3.80. The number of carbonyl (C=O) groups excluding carboxylic acids is 1. The minimum Gasteiger partial charge on any atom is -0.345 e. The Morgan fingerprint density at radius 1 is 1.62 bits per heavy atom. The van der Waals surface area contributed by atoms with E-state index in [0.717, 1.165) is 12.1 Å². The highest BCUT2D eigenvalue weighted by atomic mass is 16.2. The van der Waals surface area contributed by atoms with Gasteiger partial charge in [0.05, 0.1) is 6.54 Å². The van der Waals surface area contributed by atoms with E-state index in [1.54, 1.807) is 18.1 Å². The lowest BCUT2D eigenvalue weighted by Crippen LogP contribution is -2.36. The maximum absolute atomic E-state index is 11.6. The Bertz CT molecular complexity index is 326. The van der Waals surface area contributed by atoms with E-state index in [1.165, 1.54) is 0 Å². The summed E-state index contributed by atoms with van der Waals surface area (Å²) in [7, 11) is 1.80. The van der Waals surface area contributed by atoms with Crippen LogP contribution in [-0.2, 0) is 4.79 Å². The first-order valence-corrected chi connectivity index (χ1v) is 5.52. The summed E-state index contributed by atoms with van der Waals surface area (Å²) in [5.74, 6) is 0.109. The van der Waals surface area contributed by atoms with Crippen LogP contribution in [0.1, 0.15) is 25.5 Å². The lowest BCUT2D eigenvalue weighted by atomic mass is 10.1. The molecule has 1 atom stereocenters. The quantitative estimate of drug-likeness (QED) is 0.813. The summed E-state index contributed by atoms with van der Waals surface area (Å²) in [5.41, 5.74) is 1.09. The molecule has 1 aromatic heterocycles. The smallest absolute Gasteiger partial charge is 0.236 e. The van der Waals surface area contributed by atoms with Crippen LogP contribution in [0.15, 0.2) is 24.5 Å². The fraction of sp³-hybridized carbons (Fsp3) is 0.500. The second kappa shape index (κ2) is 6.23. The molecule has 0 aliphatic rings. The molecule has 0 aromatic carbocycles. The molecule has 1 aromatic rings. The van der Waals surface area contributed by atoms with Crippen molar-refractivity contribution in [3.8, 4) is 0 Å². The van der Waals surface area contributed by atoms with Gasteiger partial charge in [0, 0.05) is 32.0 Å². The summed E-state index contributed by atoms with van der Waals surface area (Å²) in [6.45, 7) is 5.08. The molecule has 0 bridgehead atoms. The van der Waals surface area contributed by atoms with E-state index in [-0.39, 0.29) is 11.9 Å². The SMILES string of the molecule is CCN(C)C(=O)CNC(C)c1cccnc1. The van der Waals surface area contributed by atoms with Gasteiger partial charge in [-0.15, -0.1) is 0 Å². The lowest BCUT2D eigenvalue weighted by molar-refractivity contribution is -0.128. The number of pyridine rings is 1. The zero-order valence-electron chi connectivity index (χ0n) is 10.1. The standard InChI is InChI=1S/C12H19N3O/c1-4-15(3)12(16)9-14-10(2)11-6-5-7-13-8-11/h5-8,10,14H,4,9H2,1-3H3. The maximum Gasteiger partial charge on any atom is 0.236 e. The molecule has 1 N–H and O–H groups in total. The summed E-state index contributed by atoms with van der Waals surface area (Å²) in [4.78, 5) is 17.3. The number of aromatic nitrogens is 1. The van der Waals surface area contributed by atoms with Crippen LogP contribution in [0.3, 0.4) is 0 Å². The van der Waals surface area contributed by atoms with Gasteiger partial charge in [-0.1, -0.05) is 6.07 Å². The van der Waals surface area contributed by atoms with Gasteiger partial charge >= 0.3 is 0 Å². The first-order valence-electron chi connectivity index (χ1n) is 5.52. The maximum atomic E-state index is 11.6. The predicted octanol–water partition coefficient (Wildman–Crippen LogP) is 1.21. The number of rotatable bonds is 5. The number of carbonyl (C=O) groups is 1. The van der Waals surface area contributed by atoms with Crippen LogP contribution < -0.4 is 5.32 Å². The molecule has 0 spiro atoms. The minimum absolute atomic E-state index is 0.109. The molecule has 0 radical (unpaired) electrons. The summed E-state index contributed by atoms with van der Waals surface area (Å²) >= 11 is 0. The molecule has 1 amide bonds. The summed E-state index contributed by atoms with van der Waals surface area (Å²) in [5, 5.41) is 3.18. The van der Waals surface area contributed by atoms with Gasteiger partial charge in [-0.3, -0.25) is 9.78 Å². The Morgan fingerprint density at radius 2 is 2.38 bits per heavy atom. The van der Waals surface area contributed by atoms with E-state index in [2.05, 4.69) is 10.3 Å². The number of nitrogens with zero attached hydrogens (tertiary/aromatic N) is 2. The number of nitrogens with one attached hydrogen (secondary N) is 1. The van der Waals surface area contributed by atoms with Crippen LogP contribution in [-0.4, -0.2) is 35.9 Å². The zero-order valence-corrected chi connectivity index (χ0v) is 10.1. The molecule has 0 aliphatic heterocycles. The second-order valence-electron chi connectivity index (χ2n) is 3.80. The zero-order chi connectivity index (χ0) is 12.0. The molecule has 1 unspecified atom stereocenters. The van der Waals surface area contributed by atoms with E-state index in [4.69, 9.17) is 0 Å². The normalized spacial score (nSPS) is 12.2. The molecule has 0 aliphatic carbocycles. The van der Waals surface area contributed by atoms with E-state index >= 15 is 0 Å². The van der Waals surface area contributed by atoms with Crippen LogP contribution >= 0.6 is 0 Å². The van der Waals surface area contributed by atoms with Crippen molar-refractivity contribution in [2.45, 2.75) is 19.9 Å². The van der Waals surface area contributed by atoms with E-state index < -0.39 is 0 Å². The van der Waals surface area contributed by atoms with Crippen molar-refractivity contribution in [3.05, 3.63) is 30.1 Å². The molecule has 4 heteroatoms. The van der Waals surface area contributed by atoms with Crippen molar-refractivity contribution in [1.29, 1.82) is 0 Å². The molecular weight excluding hydrogens is 202 g/mol. The van der Waals surface area contributed by atoms with Crippen molar-refractivity contribution in [1.82, 2.24) is 15.2 Å².